The summed E-state index contributed by atoms with van der Waals surface area (Å²) in [6.07, 6.45) is 0. The van der Waals surface area contributed by atoms with Crippen LogP contribution in [-0.4, -0.2) is 15.0 Å². The first-order chi connectivity index (χ1) is 5.27. The molecule has 0 aliphatic heterocycles. The quantitative estimate of drug-likeness (QED) is 0.564. The van der Waals surface area contributed by atoms with Gasteiger partial charge in [0.05, 0.1) is 5.52 Å². The molecule has 1 aromatic heterocycles. The molecule has 0 aliphatic rings. The summed E-state index contributed by atoms with van der Waals surface area (Å²) in [6, 6.07) is 4.39. The Morgan fingerprint density at radius 3 is 3.09 bits per heavy atom. The number of hydrogen-bond acceptors (Lipinski definition) is 2. The minimum Gasteiger partial charge on any atom is -0.248 e. The number of fused-ring (bicyclic) bond motifs is 1. The second-order valence-corrected chi connectivity index (χ2v) is 2.35. The molecule has 11 heavy (non-hydrogen) atoms. The molecule has 1 heterocycles. The second kappa shape index (κ2) is 2.02. The SMILES string of the molecule is Cn1nnc2ccc(F)cc21. The van der Waals surface area contributed by atoms with Gasteiger partial charge in [0.2, 0.25) is 0 Å². The van der Waals surface area contributed by atoms with Gasteiger partial charge in [0.25, 0.3) is 0 Å². The molecule has 0 atom stereocenters. The molecular formula is C7H6FN3. The van der Waals surface area contributed by atoms with E-state index in [-0.39, 0.29) is 5.82 Å². The number of benzene rings is 1. The fourth-order valence-corrected chi connectivity index (χ4v) is 1.00. The minimum absolute atomic E-state index is 0.261. The molecule has 3 nitrogen and oxygen atoms in total. The molecule has 56 valence electrons. The average molecular weight is 151 g/mol. The van der Waals surface area contributed by atoms with Crippen molar-refractivity contribution in [2.75, 3.05) is 0 Å². The van der Waals surface area contributed by atoms with Crippen molar-refractivity contribution >= 4 is 11.0 Å². The Morgan fingerprint density at radius 2 is 2.27 bits per heavy atom. The van der Waals surface area contributed by atoms with Gasteiger partial charge in [-0.1, -0.05) is 5.21 Å². The van der Waals surface area contributed by atoms with Crippen LogP contribution < -0.4 is 0 Å². The van der Waals surface area contributed by atoms with Crippen molar-refractivity contribution in [3.05, 3.63) is 24.0 Å². The summed E-state index contributed by atoms with van der Waals surface area (Å²) >= 11 is 0. The fraction of sp³-hybridized carbons (Fsp3) is 0.143. The van der Waals surface area contributed by atoms with Crippen LogP contribution in [-0.2, 0) is 7.05 Å². The third-order valence-corrected chi connectivity index (χ3v) is 1.57. The van der Waals surface area contributed by atoms with Crippen LogP contribution in [0.4, 0.5) is 4.39 Å². The Balaban J connectivity index is 2.87. The maximum atomic E-state index is 12.6. The lowest BCUT2D eigenvalue weighted by molar-refractivity contribution is 0.628. The minimum atomic E-state index is -0.261. The molecule has 0 saturated carbocycles. The summed E-state index contributed by atoms with van der Waals surface area (Å²) in [7, 11) is 1.73. The van der Waals surface area contributed by atoms with Crippen molar-refractivity contribution in [2.45, 2.75) is 0 Å². The molecule has 0 radical (unpaired) electrons. The van der Waals surface area contributed by atoms with Gasteiger partial charge in [-0.25, -0.2) is 9.07 Å². The molecule has 2 aromatic rings. The summed E-state index contributed by atoms with van der Waals surface area (Å²) in [4.78, 5) is 0. The smallest absolute Gasteiger partial charge is 0.125 e. The van der Waals surface area contributed by atoms with Gasteiger partial charge in [-0.15, -0.1) is 5.10 Å². The molecule has 0 spiro atoms. The van der Waals surface area contributed by atoms with Crippen LogP contribution in [0.15, 0.2) is 18.2 Å². The third-order valence-electron chi connectivity index (χ3n) is 1.57. The molecule has 0 fully saturated rings. The molecule has 0 bridgehead atoms. The summed E-state index contributed by atoms with van der Waals surface area (Å²) in [5.41, 5.74) is 1.43. The molecule has 0 unspecified atom stereocenters. The van der Waals surface area contributed by atoms with E-state index in [0.29, 0.717) is 11.0 Å². The number of aromatic nitrogens is 3. The normalized spacial score (nSPS) is 10.7. The van der Waals surface area contributed by atoms with Crippen molar-refractivity contribution < 1.29 is 4.39 Å². The van der Waals surface area contributed by atoms with Crippen LogP contribution in [0.5, 0.6) is 0 Å². The molecule has 0 saturated heterocycles. The van der Waals surface area contributed by atoms with Gasteiger partial charge in [0.1, 0.15) is 11.3 Å². The Bertz CT molecular complexity index is 393. The van der Waals surface area contributed by atoms with E-state index >= 15 is 0 Å². The maximum Gasteiger partial charge on any atom is 0.125 e. The van der Waals surface area contributed by atoms with Gasteiger partial charge in [0, 0.05) is 13.1 Å². The van der Waals surface area contributed by atoms with E-state index in [2.05, 4.69) is 10.3 Å². The van der Waals surface area contributed by atoms with Gasteiger partial charge in [0.15, 0.2) is 0 Å². The van der Waals surface area contributed by atoms with Crippen molar-refractivity contribution in [3.63, 3.8) is 0 Å². The van der Waals surface area contributed by atoms with E-state index < -0.39 is 0 Å². The lowest BCUT2D eigenvalue weighted by atomic mass is 10.3. The molecule has 1 aromatic carbocycles. The van der Waals surface area contributed by atoms with Gasteiger partial charge < -0.3 is 0 Å². The van der Waals surface area contributed by atoms with Crippen LogP contribution >= 0.6 is 0 Å². The average Bonchev–Trinajstić information content (AvgIpc) is 2.33. The largest absolute Gasteiger partial charge is 0.248 e. The number of nitrogens with zero attached hydrogens (tertiary/aromatic N) is 3. The second-order valence-electron chi connectivity index (χ2n) is 2.35. The molecule has 0 N–H and O–H groups in total. The molecule has 4 heteroatoms. The lowest BCUT2D eigenvalue weighted by Gasteiger charge is -1.90. The summed E-state index contributed by atoms with van der Waals surface area (Å²) in [5.74, 6) is -0.261. The van der Waals surface area contributed by atoms with Crippen molar-refractivity contribution in [3.8, 4) is 0 Å². The van der Waals surface area contributed by atoms with Crippen LogP contribution in [0.25, 0.3) is 11.0 Å². The highest BCUT2D eigenvalue weighted by molar-refractivity contribution is 5.73. The van der Waals surface area contributed by atoms with Crippen LogP contribution in [0.1, 0.15) is 0 Å². The highest BCUT2D eigenvalue weighted by atomic mass is 19.1. The fourth-order valence-electron chi connectivity index (χ4n) is 1.00. The summed E-state index contributed by atoms with van der Waals surface area (Å²) < 4.78 is 14.2. The van der Waals surface area contributed by atoms with Gasteiger partial charge >= 0.3 is 0 Å². The summed E-state index contributed by atoms with van der Waals surface area (Å²) in [5, 5.41) is 7.54. The summed E-state index contributed by atoms with van der Waals surface area (Å²) in [6.45, 7) is 0. The highest BCUT2D eigenvalue weighted by Crippen LogP contribution is 2.10. The first kappa shape index (κ1) is 6.27. The van der Waals surface area contributed by atoms with Crippen LogP contribution in [0.3, 0.4) is 0 Å². The van der Waals surface area contributed by atoms with E-state index in [1.165, 1.54) is 12.1 Å². The highest BCUT2D eigenvalue weighted by Gasteiger charge is 2.00. The van der Waals surface area contributed by atoms with Crippen molar-refractivity contribution in [1.29, 1.82) is 0 Å². The van der Waals surface area contributed by atoms with E-state index in [1.54, 1.807) is 17.8 Å². The zero-order valence-corrected chi connectivity index (χ0v) is 5.95. The standard InChI is InChI=1S/C7H6FN3/c1-11-7-4-5(8)2-3-6(7)9-10-11/h2-4H,1H3. The van der Waals surface area contributed by atoms with Crippen molar-refractivity contribution in [1.82, 2.24) is 15.0 Å². The molecule has 2 rings (SSSR count). The first-order valence-corrected chi connectivity index (χ1v) is 3.22. The zero-order valence-electron chi connectivity index (χ0n) is 5.95. The Morgan fingerprint density at radius 1 is 1.45 bits per heavy atom. The molecule has 0 aliphatic carbocycles. The lowest BCUT2D eigenvalue weighted by Crippen LogP contribution is -1.89. The number of aryl methyl sites for hydroxylation is 1. The topological polar surface area (TPSA) is 30.7 Å². The zero-order chi connectivity index (χ0) is 7.84. The number of hydrogen-bond donors (Lipinski definition) is 0. The van der Waals surface area contributed by atoms with Gasteiger partial charge in [-0.3, -0.25) is 0 Å². The van der Waals surface area contributed by atoms with E-state index in [9.17, 15) is 4.39 Å². The predicted octanol–water partition coefficient (Wildman–Crippen LogP) is 1.11. The van der Waals surface area contributed by atoms with Gasteiger partial charge in [-0.05, 0) is 12.1 Å². The Kier molecular flexibility index (Phi) is 1.15. The maximum absolute atomic E-state index is 12.6. The van der Waals surface area contributed by atoms with E-state index in [4.69, 9.17) is 0 Å². The molecule has 0 amide bonds. The van der Waals surface area contributed by atoms with Crippen molar-refractivity contribution in [2.24, 2.45) is 7.05 Å². The first-order valence-electron chi connectivity index (χ1n) is 3.22. The monoisotopic (exact) mass is 151 g/mol. The number of rotatable bonds is 0. The Hall–Kier alpha value is -1.45. The van der Waals surface area contributed by atoms with Gasteiger partial charge in [-0.2, -0.15) is 0 Å². The number of halogens is 1. The van der Waals surface area contributed by atoms with Crippen LogP contribution in [0.2, 0.25) is 0 Å². The van der Waals surface area contributed by atoms with E-state index in [0.717, 1.165) is 0 Å². The Labute approximate surface area is 62.4 Å². The predicted molar refractivity (Wildman–Crippen MR) is 38.5 cm³/mol. The molecular weight excluding hydrogens is 145 g/mol. The van der Waals surface area contributed by atoms with Crippen LogP contribution in [0, 0.1) is 5.82 Å². The van der Waals surface area contributed by atoms with E-state index in [1.807, 2.05) is 0 Å². The third kappa shape index (κ3) is 0.869.